The van der Waals surface area contributed by atoms with Crippen molar-refractivity contribution in [2.75, 3.05) is 0 Å². The zero-order valence-corrected chi connectivity index (χ0v) is 9.90. The summed E-state index contributed by atoms with van der Waals surface area (Å²) in [5, 5.41) is 2.82. The molecule has 0 unspecified atom stereocenters. The highest BCUT2D eigenvalue weighted by Crippen LogP contribution is 2.37. The van der Waals surface area contributed by atoms with Gasteiger partial charge < -0.3 is 0 Å². The third-order valence-electron chi connectivity index (χ3n) is 1.11. The summed E-state index contributed by atoms with van der Waals surface area (Å²) in [6, 6.07) is 3.39. The van der Waals surface area contributed by atoms with Crippen LogP contribution in [0.2, 0.25) is 0 Å². The maximum Gasteiger partial charge on any atom is 0.123 e. The molecule has 0 aromatic heterocycles. The highest BCUT2D eigenvalue weighted by molar-refractivity contribution is 9.14. The second-order valence-electron chi connectivity index (χ2n) is 1.79. The van der Waals surface area contributed by atoms with Crippen molar-refractivity contribution in [3.63, 3.8) is 0 Å². The Balaban J connectivity index is 3.36. The van der Waals surface area contributed by atoms with Crippen LogP contribution in [-0.2, 0) is 0 Å². The van der Waals surface area contributed by atoms with Gasteiger partial charge in [0.2, 0.25) is 0 Å². The summed E-state index contributed by atoms with van der Waals surface area (Å²) in [6.45, 7) is 0. The first-order chi connectivity index (χ1) is 5.16. The van der Waals surface area contributed by atoms with Gasteiger partial charge >= 0.3 is 0 Å². The Kier molecular flexibility index (Phi) is 3.21. The van der Waals surface area contributed by atoms with Gasteiger partial charge in [-0.2, -0.15) is 0 Å². The lowest BCUT2D eigenvalue weighted by Gasteiger charge is -1.99. The second kappa shape index (κ2) is 3.78. The first kappa shape index (κ1) is 9.35. The Morgan fingerprint density at radius 3 is 2.27 bits per heavy atom. The molecule has 0 fully saturated rings. The van der Waals surface area contributed by atoms with E-state index in [0.29, 0.717) is 10.2 Å². The molecule has 0 bridgehead atoms. The number of hydrogen-bond acceptors (Lipinski definition) is 2. The minimum atomic E-state index is 0.389. The van der Waals surface area contributed by atoms with Crippen LogP contribution in [0.15, 0.2) is 30.7 Å². The van der Waals surface area contributed by atoms with Crippen LogP contribution in [-0.4, -0.2) is 0 Å². The van der Waals surface area contributed by atoms with Crippen molar-refractivity contribution in [2.45, 2.75) is 0 Å². The minimum absolute atomic E-state index is 0.389. The number of nitroso groups, excluding NO2 is 1. The molecule has 1 rings (SSSR count). The molecular weight excluding hydrogens is 342 g/mol. The van der Waals surface area contributed by atoms with Gasteiger partial charge in [-0.3, -0.25) is 0 Å². The van der Waals surface area contributed by atoms with Gasteiger partial charge in [0, 0.05) is 8.95 Å². The molecule has 0 amide bonds. The molecule has 11 heavy (non-hydrogen) atoms. The first-order valence-corrected chi connectivity index (χ1v) is 5.01. The quantitative estimate of drug-likeness (QED) is 0.550. The van der Waals surface area contributed by atoms with Crippen LogP contribution >= 0.6 is 47.8 Å². The molecular formula is C6H2Br3NO. The molecule has 0 radical (unpaired) electrons. The van der Waals surface area contributed by atoms with E-state index >= 15 is 0 Å². The molecule has 0 aliphatic carbocycles. The SMILES string of the molecule is O=Nc1ccc(Br)c(Br)c1Br. The third-order valence-corrected chi connectivity index (χ3v) is 4.46. The van der Waals surface area contributed by atoms with Gasteiger partial charge in [0.1, 0.15) is 5.69 Å². The second-order valence-corrected chi connectivity index (χ2v) is 4.23. The Hall–Kier alpha value is 0.260. The van der Waals surface area contributed by atoms with E-state index in [4.69, 9.17) is 0 Å². The van der Waals surface area contributed by atoms with Gasteiger partial charge in [-0.05, 0) is 65.1 Å². The monoisotopic (exact) mass is 341 g/mol. The van der Waals surface area contributed by atoms with Crippen LogP contribution in [0.4, 0.5) is 5.69 Å². The van der Waals surface area contributed by atoms with E-state index in [1.54, 1.807) is 12.1 Å². The summed E-state index contributed by atoms with van der Waals surface area (Å²) >= 11 is 9.79. The van der Waals surface area contributed by atoms with Crippen LogP contribution in [0.1, 0.15) is 0 Å². The van der Waals surface area contributed by atoms with Gasteiger partial charge in [-0.1, -0.05) is 0 Å². The standard InChI is InChI=1S/C6H2Br3NO/c7-3-1-2-4(10-11)6(9)5(3)8/h1-2H. The van der Waals surface area contributed by atoms with Crippen molar-refractivity contribution in [1.82, 2.24) is 0 Å². The minimum Gasteiger partial charge on any atom is -0.145 e. The summed E-state index contributed by atoms with van der Waals surface area (Å²) in [5.41, 5.74) is 0.389. The van der Waals surface area contributed by atoms with Gasteiger partial charge in [0.25, 0.3) is 0 Å². The maximum absolute atomic E-state index is 10.2. The van der Waals surface area contributed by atoms with Crippen molar-refractivity contribution in [2.24, 2.45) is 5.18 Å². The third kappa shape index (κ3) is 1.89. The zero-order valence-electron chi connectivity index (χ0n) is 5.14. The molecule has 0 heterocycles. The van der Waals surface area contributed by atoms with E-state index < -0.39 is 0 Å². The molecule has 1 aromatic rings. The fourth-order valence-corrected chi connectivity index (χ4v) is 1.94. The summed E-state index contributed by atoms with van der Waals surface area (Å²) in [7, 11) is 0. The summed E-state index contributed by atoms with van der Waals surface area (Å²) in [5.74, 6) is 0. The summed E-state index contributed by atoms with van der Waals surface area (Å²) in [6.07, 6.45) is 0. The predicted molar refractivity (Wildman–Crippen MR) is 55.0 cm³/mol. The number of nitrogens with zero attached hydrogens (tertiary/aromatic N) is 1. The van der Waals surface area contributed by atoms with Crippen LogP contribution < -0.4 is 0 Å². The molecule has 0 N–H and O–H groups in total. The Labute approximate surface area is 88.7 Å². The highest BCUT2D eigenvalue weighted by Gasteiger charge is 2.06. The Bertz CT molecular complexity index is 300. The Morgan fingerprint density at radius 2 is 1.73 bits per heavy atom. The molecule has 0 saturated heterocycles. The van der Waals surface area contributed by atoms with E-state index in [2.05, 4.69) is 53.0 Å². The van der Waals surface area contributed by atoms with Crippen molar-refractivity contribution in [3.8, 4) is 0 Å². The zero-order chi connectivity index (χ0) is 8.43. The number of benzene rings is 1. The average molecular weight is 344 g/mol. The van der Waals surface area contributed by atoms with E-state index in [0.717, 1.165) is 8.95 Å². The average Bonchev–Trinajstić information content (AvgIpc) is 2.01. The van der Waals surface area contributed by atoms with Crippen LogP contribution in [0.5, 0.6) is 0 Å². The number of halogens is 3. The lowest BCUT2D eigenvalue weighted by atomic mass is 10.3. The van der Waals surface area contributed by atoms with Crippen molar-refractivity contribution < 1.29 is 0 Å². The van der Waals surface area contributed by atoms with Gasteiger partial charge in [-0.25, -0.2) is 0 Å². The lowest BCUT2D eigenvalue weighted by molar-refractivity contribution is 1.43. The molecule has 0 saturated carbocycles. The summed E-state index contributed by atoms with van der Waals surface area (Å²) in [4.78, 5) is 10.2. The van der Waals surface area contributed by atoms with E-state index in [1.165, 1.54) is 0 Å². The van der Waals surface area contributed by atoms with E-state index in [1.807, 2.05) is 0 Å². The normalized spacial score (nSPS) is 9.73. The number of rotatable bonds is 1. The fourth-order valence-electron chi connectivity index (χ4n) is 0.586. The van der Waals surface area contributed by atoms with Crippen molar-refractivity contribution in [1.29, 1.82) is 0 Å². The summed E-state index contributed by atoms with van der Waals surface area (Å²) < 4.78 is 2.35. The lowest BCUT2D eigenvalue weighted by Crippen LogP contribution is -1.72. The van der Waals surface area contributed by atoms with Gasteiger partial charge in [0.15, 0.2) is 0 Å². The first-order valence-electron chi connectivity index (χ1n) is 2.63. The van der Waals surface area contributed by atoms with Crippen molar-refractivity contribution >= 4 is 53.5 Å². The molecule has 2 nitrogen and oxygen atoms in total. The molecule has 0 spiro atoms. The smallest absolute Gasteiger partial charge is 0.123 e. The molecule has 5 heteroatoms. The molecule has 1 aromatic carbocycles. The van der Waals surface area contributed by atoms with Crippen molar-refractivity contribution in [3.05, 3.63) is 30.5 Å². The largest absolute Gasteiger partial charge is 0.145 e. The molecule has 58 valence electrons. The van der Waals surface area contributed by atoms with Gasteiger partial charge in [-0.15, -0.1) is 4.91 Å². The van der Waals surface area contributed by atoms with Gasteiger partial charge in [0.05, 0.1) is 4.47 Å². The highest BCUT2D eigenvalue weighted by atomic mass is 79.9. The molecule has 0 aliphatic heterocycles. The fraction of sp³-hybridized carbons (Fsp3) is 0. The van der Waals surface area contributed by atoms with Crippen LogP contribution in [0.3, 0.4) is 0 Å². The maximum atomic E-state index is 10.2. The molecule has 0 atom stereocenters. The molecule has 0 aliphatic rings. The van der Waals surface area contributed by atoms with Crippen LogP contribution in [0, 0.1) is 4.91 Å². The van der Waals surface area contributed by atoms with E-state index in [-0.39, 0.29) is 0 Å². The predicted octanol–water partition coefficient (Wildman–Crippen LogP) is 4.37. The topological polar surface area (TPSA) is 29.4 Å². The van der Waals surface area contributed by atoms with E-state index in [9.17, 15) is 4.91 Å². The van der Waals surface area contributed by atoms with Crippen LogP contribution in [0.25, 0.3) is 0 Å². The number of hydrogen-bond donors (Lipinski definition) is 0. The Morgan fingerprint density at radius 1 is 1.09 bits per heavy atom.